The van der Waals surface area contributed by atoms with Crippen molar-refractivity contribution in [2.45, 2.75) is 26.3 Å². The van der Waals surface area contributed by atoms with E-state index in [-0.39, 0.29) is 0 Å². The van der Waals surface area contributed by atoms with Crippen molar-refractivity contribution in [3.63, 3.8) is 0 Å². The van der Waals surface area contributed by atoms with Crippen LogP contribution in [-0.4, -0.2) is 15.8 Å². The van der Waals surface area contributed by atoms with Gasteiger partial charge < -0.3 is 9.36 Å². The van der Waals surface area contributed by atoms with Crippen molar-refractivity contribution in [3.8, 4) is 0 Å². The first-order valence-corrected chi connectivity index (χ1v) is 4.30. The number of hydrogen-bond acceptors (Lipinski definition) is 2. The molecule has 0 aliphatic rings. The number of carbonyl (C=O) groups excluding carboxylic acids is 1. The minimum atomic E-state index is 0.505. The van der Waals surface area contributed by atoms with Crippen LogP contribution in [0, 0.1) is 0 Å². The number of nitrogens with zero attached hydrogens (tertiary/aromatic N) is 2. The first-order chi connectivity index (χ1) is 5.79. The van der Waals surface area contributed by atoms with E-state index in [0.29, 0.717) is 18.0 Å². The van der Waals surface area contributed by atoms with Crippen LogP contribution < -0.4 is 0 Å². The lowest BCUT2D eigenvalue weighted by atomic mass is 10.2. The molecular weight excluding hydrogens is 176 g/mol. The summed E-state index contributed by atoms with van der Waals surface area (Å²) in [6.45, 7) is 2.86. The lowest BCUT2D eigenvalue weighted by Crippen LogP contribution is -1.99. The van der Waals surface area contributed by atoms with Crippen LogP contribution in [-0.2, 0) is 17.8 Å². The maximum Gasteiger partial charge on any atom is 0.150 e. The van der Waals surface area contributed by atoms with Crippen LogP contribution in [0.3, 0.4) is 0 Å². The molecule has 1 heterocycles. The summed E-state index contributed by atoms with van der Waals surface area (Å²) >= 11 is 5.81. The minimum absolute atomic E-state index is 0.505. The molecule has 66 valence electrons. The molecule has 0 unspecified atom stereocenters. The van der Waals surface area contributed by atoms with E-state index in [4.69, 9.17) is 11.6 Å². The Labute approximate surface area is 76.4 Å². The highest BCUT2D eigenvalue weighted by Gasteiger charge is 2.06. The molecular formula is C8H11ClN2O. The minimum Gasteiger partial charge on any atom is -0.333 e. The second-order valence-corrected chi connectivity index (χ2v) is 2.83. The Kier molecular flexibility index (Phi) is 3.29. The zero-order valence-corrected chi connectivity index (χ0v) is 7.71. The number of aldehydes is 1. The van der Waals surface area contributed by atoms with Crippen LogP contribution in [0.1, 0.15) is 19.0 Å². The van der Waals surface area contributed by atoms with Gasteiger partial charge in [-0.2, -0.15) is 0 Å². The van der Waals surface area contributed by atoms with Gasteiger partial charge in [-0.3, -0.25) is 0 Å². The van der Waals surface area contributed by atoms with Crippen LogP contribution in [0.2, 0.25) is 5.15 Å². The van der Waals surface area contributed by atoms with Gasteiger partial charge in [-0.15, -0.1) is 0 Å². The fraction of sp³-hybridized carbons (Fsp3) is 0.500. The summed E-state index contributed by atoms with van der Waals surface area (Å²) in [5.41, 5.74) is 0.950. The van der Waals surface area contributed by atoms with Gasteiger partial charge in [0.25, 0.3) is 0 Å². The van der Waals surface area contributed by atoms with E-state index in [9.17, 15) is 4.79 Å². The van der Waals surface area contributed by atoms with E-state index in [1.165, 1.54) is 0 Å². The number of aryl methyl sites for hydroxylation is 1. The number of halogens is 1. The highest BCUT2D eigenvalue weighted by atomic mass is 35.5. The number of hydrogen-bond donors (Lipinski definition) is 0. The molecule has 0 aliphatic heterocycles. The molecule has 0 saturated heterocycles. The molecule has 4 heteroatoms. The van der Waals surface area contributed by atoms with Gasteiger partial charge in [-0.25, -0.2) is 4.98 Å². The van der Waals surface area contributed by atoms with Crippen LogP contribution >= 0.6 is 11.6 Å². The molecule has 0 aromatic carbocycles. The zero-order chi connectivity index (χ0) is 8.97. The van der Waals surface area contributed by atoms with Gasteiger partial charge in [0.1, 0.15) is 11.4 Å². The molecule has 0 spiro atoms. The van der Waals surface area contributed by atoms with Crippen molar-refractivity contribution >= 4 is 17.9 Å². The summed E-state index contributed by atoms with van der Waals surface area (Å²) in [6, 6.07) is 0. The van der Waals surface area contributed by atoms with Crippen molar-refractivity contribution in [1.29, 1.82) is 0 Å². The molecule has 0 atom stereocenters. The second-order valence-electron chi connectivity index (χ2n) is 2.47. The highest BCUT2D eigenvalue weighted by Crippen LogP contribution is 2.14. The van der Waals surface area contributed by atoms with Gasteiger partial charge in [-0.1, -0.05) is 11.6 Å². The molecule has 0 saturated carbocycles. The van der Waals surface area contributed by atoms with Gasteiger partial charge in [0, 0.05) is 13.0 Å². The monoisotopic (exact) mass is 186 g/mol. The van der Waals surface area contributed by atoms with E-state index >= 15 is 0 Å². The van der Waals surface area contributed by atoms with Crippen molar-refractivity contribution in [3.05, 3.63) is 17.2 Å². The summed E-state index contributed by atoms with van der Waals surface area (Å²) in [5, 5.41) is 0.513. The molecule has 1 rings (SSSR count). The molecule has 0 bridgehead atoms. The molecule has 0 amide bonds. The van der Waals surface area contributed by atoms with Crippen LogP contribution in [0.25, 0.3) is 0 Å². The fourth-order valence-corrected chi connectivity index (χ4v) is 1.34. The lowest BCUT2D eigenvalue weighted by molar-refractivity contribution is -0.107. The third-order valence-electron chi connectivity index (χ3n) is 1.73. The van der Waals surface area contributed by atoms with E-state index in [2.05, 4.69) is 4.98 Å². The van der Waals surface area contributed by atoms with E-state index in [0.717, 1.165) is 18.5 Å². The van der Waals surface area contributed by atoms with E-state index < -0.39 is 0 Å². The Balaban J connectivity index is 2.78. The Morgan fingerprint density at radius 2 is 2.50 bits per heavy atom. The maximum atomic E-state index is 10.1. The standard InChI is InChI=1S/C8H11ClN2O/c1-2-11-6-10-8(9)7(11)4-3-5-12/h5-6H,2-4H2,1H3. The number of aromatic nitrogens is 2. The SMILES string of the molecule is CCn1cnc(Cl)c1CCC=O. The van der Waals surface area contributed by atoms with Crippen molar-refractivity contribution in [2.24, 2.45) is 0 Å². The van der Waals surface area contributed by atoms with E-state index in [1.54, 1.807) is 6.33 Å². The average molecular weight is 187 g/mol. The first-order valence-electron chi connectivity index (χ1n) is 3.92. The number of rotatable bonds is 4. The Morgan fingerprint density at radius 3 is 3.08 bits per heavy atom. The fourth-order valence-electron chi connectivity index (χ4n) is 1.10. The molecule has 0 radical (unpaired) electrons. The van der Waals surface area contributed by atoms with Gasteiger partial charge in [-0.05, 0) is 13.3 Å². The molecule has 0 N–H and O–H groups in total. The maximum absolute atomic E-state index is 10.1. The molecule has 0 aliphatic carbocycles. The Bertz CT molecular complexity index is 270. The van der Waals surface area contributed by atoms with Crippen molar-refractivity contribution in [2.75, 3.05) is 0 Å². The van der Waals surface area contributed by atoms with Crippen molar-refractivity contribution in [1.82, 2.24) is 9.55 Å². The topological polar surface area (TPSA) is 34.9 Å². The van der Waals surface area contributed by atoms with Crippen LogP contribution in [0.15, 0.2) is 6.33 Å². The number of imidazole rings is 1. The largest absolute Gasteiger partial charge is 0.333 e. The quantitative estimate of drug-likeness (QED) is 0.671. The molecule has 12 heavy (non-hydrogen) atoms. The average Bonchev–Trinajstić information content (AvgIpc) is 2.43. The second kappa shape index (κ2) is 4.26. The molecule has 1 aromatic heterocycles. The lowest BCUT2D eigenvalue weighted by Gasteiger charge is -2.02. The normalized spacial score (nSPS) is 10.2. The van der Waals surface area contributed by atoms with Gasteiger partial charge >= 0.3 is 0 Å². The summed E-state index contributed by atoms with van der Waals surface area (Å²) in [5.74, 6) is 0. The predicted octanol–water partition coefficient (Wildman–Crippen LogP) is 1.69. The molecule has 1 aromatic rings. The number of carbonyl (C=O) groups is 1. The van der Waals surface area contributed by atoms with E-state index in [1.807, 2.05) is 11.5 Å². The smallest absolute Gasteiger partial charge is 0.150 e. The third kappa shape index (κ3) is 1.85. The first kappa shape index (κ1) is 9.26. The summed E-state index contributed by atoms with van der Waals surface area (Å²) in [7, 11) is 0. The van der Waals surface area contributed by atoms with Crippen LogP contribution in [0.4, 0.5) is 0 Å². The summed E-state index contributed by atoms with van der Waals surface area (Å²) in [6.07, 6.45) is 3.77. The Hall–Kier alpha value is -0.830. The Morgan fingerprint density at radius 1 is 1.75 bits per heavy atom. The van der Waals surface area contributed by atoms with Crippen LogP contribution in [0.5, 0.6) is 0 Å². The zero-order valence-electron chi connectivity index (χ0n) is 6.96. The van der Waals surface area contributed by atoms with Gasteiger partial charge in [0.2, 0.25) is 0 Å². The molecule has 0 fully saturated rings. The van der Waals surface area contributed by atoms with Crippen molar-refractivity contribution < 1.29 is 4.79 Å². The highest BCUT2D eigenvalue weighted by molar-refractivity contribution is 6.30. The summed E-state index contributed by atoms with van der Waals surface area (Å²) < 4.78 is 1.95. The third-order valence-corrected chi connectivity index (χ3v) is 2.05. The van der Waals surface area contributed by atoms with Gasteiger partial charge in [0.15, 0.2) is 0 Å². The predicted molar refractivity (Wildman–Crippen MR) is 47.3 cm³/mol. The summed E-state index contributed by atoms with van der Waals surface area (Å²) in [4.78, 5) is 14.1. The van der Waals surface area contributed by atoms with Gasteiger partial charge in [0.05, 0.1) is 12.0 Å². The molecule has 3 nitrogen and oxygen atoms in total.